The molecule has 2 aliphatic rings. The average Bonchev–Trinajstić information content (AvgIpc) is 3.56. The van der Waals surface area contributed by atoms with Crippen molar-refractivity contribution in [2.75, 3.05) is 58.6 Å². The standard InChI is InChI=1S/C34H35N5O6/c1-23-6-4-5-7-26(23)34(41)39(20-24-8-12-29-31(18-24)45-22-44-29)21-33(40)38-16-14-37(15-17-38)32-13-11-28(35-36-32)27-10-9-25(42-2)19-30(27)43-3/h4-13,18-19H,14-17,20-22H2,1-3H3. The summed E-state index contributed by atoms with van der Waals surface area (Å²) in [5.41, 5.74) is 3.79. The first-order valence-corrected chi connectivity index (χ1v) is 14.8. The first-order valence-electron chi connectivity index (χ1n) is 14.8. The van der Waals surface area contributed by atoms with E-state index in [1.54, 1.807) is 30.1 Å². The molecule has 1 aromatic heterocycles. The van der Waals surface area contributed by atoms with Gasteiger partial charge >= 0.3 is 0 Å². The number of benzene rings is 3. The van der Waals surface area contributed by atoms with Gasteiger partial charge in [-0.1, -0.05) is 24.3 Å². The number of carbonyl (C=O) groups excluding carboxylic acids is 2. The van der Waals surface area contributed by atoms with E-state index in [0.29, 0.717) is 60.4 Å². The number of rotatable bonds is 9. The Morgan fingerprint density at radius 2 is 1.67 bits per heavy atom. The number of fused-ring (bicyclic) bond motifs is 1. The van der Waals surface area contributed by atoms with Crippen molar-refractivity contribution in [2.45, 2.75) is 13.5 Å². The monoisotopic (exact) mass is 609 g/mol. The van der Waals surface area contributed by atoms with Gasteiger partial charge in [0, 0.05) is 49.9 Å². The van der Waals surface area contributed by atoms with Crippen LogP contribution in [0.2, 0.25) is 0 Å². The minimum atomic E-state index is -0.193. The van der Waals surface area contributed by atoms with Crippen LogP contribution in [-0.4, -0.2) is 85.5 Å². The Morgan fingerprint density at radius 3 is 2.40 bits per heavy atom. The molecule has 11 nitrogen and oxygen atoms in total. The fourth-order valence-corrected chi connectivity index (χ4v) is 5.54. The Morgan fingerprint density at radius 1 is 0.867 bits per heavy atom. The molecule has 6 rings (SSSR count). The number of carbonyl (C=O) groups is 2. The minimum Gasteiger partial charge on any atom is -0.497 e. The van der Waals surface area contributed by atoms with Crippen molar-refractivity contribution < 1.29 is 28.5 Å². The molecule has 45 heavy (non-hydrogen) atoms. The fourth-order valence-electron chi connectivity index (χ4n) is 5.54. The highest BCUT2D eigenvalue weighted by atomic mass is 16.7. The number of aromatic nitrogens is 2. The number of nitrogens with zero attached hydrogens (tertiary/aromatic N) is 5. The highest BCUT2D eigenvalue weighted by molar-refractivity contribution is 5.97. The van der Waals surface area contributed by atoms with E-state index in [2.05, 4.69) is 15.1 Å². The quantitative estimate of drug-likeness (QED) is 0.276. The number of amides is 2. The molecule has 0 aliphatic carbocycles. The summed E-state index contributed by atoms with van der Waals surface area (Å²) in [6.07, 6.45) is 0. The summed E-state index contributed by atoms with van der Waals surface area (Å²) in [5.74, 6) is 3.09. The zero-order chi connectivity index (χ0) is 31.3. The molecule has 0 spiro atoms. The Kier molecular flexibility index (Phi) is 8.68. The second-order valence-electron chi connectivity index (χ2n) is 10.9. The fraction of sp³-hybridized carbons (Fsp3) is 0.294. The van der Waals surface area contributed by atoms with Crippen molar-refractivity contribution in [1.29, 1.82) is 0 Å². The maximum atomic E-state index is 13.7. The molecule has 2 amide bonds. The number of methoxy groups -OCH3 is 2. The average molecular weight is 610 g/mol. The van der Waals surface area contributed by atoms with E-state index in [1.807, 2.05) is 73.7 Å². The summed E-state index contributed by atoms with van der Waals surface area (Å²) >= 11 is 0. The van der Waals surface area contributed by atoms with E-state index in [0.717, 1.165) is 22.5 Å². The van der Waals surface area contributed by atoms with Crippen LogP contribution in [0.1, 0.15) is 21.5 Å². The van der Waals surface area contributed by atoms with E-state index in [1.165, 1.54) is 0 Å². The van der Waals surface area contributed by atoms with E-state index < -0.39 is 0 Å². The van der Waals surface area contributed by atoms with Crippen molar-refractivity contribution in [3.05, 3.63) is 89.5 Å². The first-order chi connectivity index (χ1) is 21.9. The molecular weight excluding hydrogens is 574 g/mol. The predicted molar refractivity (Wildman–Crippen MR) is 168 cm³/mol. The van der Waals surface area contributed by atoms with Crippen LogP contribution in [0.3, 0.4) is 0 Å². The topological polar surface area (TPSA) is 107 Å². The van der Waals surface area contributed by atoms with Gasteiger partial charge in [-0.05, 0) is 60.5 Å². The lowest BCUT2D eigenvalue weighted by Crippen LogP contribution is -2.52. The van der Waals surface area contributed by atoms with Gasteiger partial charge in [0.1, 0.15) is 18.0 Å². The largest absolute Gasteiger partial charge is 0.497 e. The molecule has 0 radical (unpaired) electrons. The Balaban J connectivity index is 1.11. The molecule has 3 aromatic carbocycles. The van der Waals surface area contributed by atoms with Gasteiger partial charge in [0.15, 0.2) is 17.3 Å². The third-order valence-electron chi connectivity index (χ3n) is 8.09. The summed E-state index contributed by atoms with van der Waals surface area (Å²) < 4.78 is 21.8. The van der Waals surface area contributed by atoms with Crippen LogP contribution < -0.4 is 23.8 Å². The molecule has 4 aromatic rings. The molecule has 0 N–H and O–H groups in total. The normalized spacial score (nSPS) is 13.8. The van der Waals surface area contributed by atoms with Gasteiger partial charge in [-0.15, -0.1) is 10.2 Å². The Labute approximate surface area is 261 Å². The molecule has 1 fully saturated rings. The molecule has 0 saturated carbocycles. The minimum absolute atomic E-state index is 0.0419. The van der Waals surface area contributed by atoms with Gasteiger partial charge < -0.3 is 33.6 Å². The van der Waals surface area contributed by atoms with Crippen molar-refractivity contribution in [3.63, 3.8) is 0 Å². The smallest absolute Gasteiger partial charge is 0.254 e. The molecule has 0 atom stereocenters. The first kappa shape index (κ1) is 29.7. The van der Waals surface area contributed by atoms with Gasteiger partial charge in [0.25, 0.3) is 5.91 Å². The van der Waals surface area contributed by atoms with Crippen LogP contribution in [0.25, 0.3) is 11.3 Å². The lowest BCUT2D eigenvalue weighted by molar-refractivity contribution is -0.132. The third kappa shape index (κ3) is 6.47. The van der Waals surface area contributed by atoms with Gasteiger partial charge in [-0.3, -0.25) is 9.59 Å². The summed E-state index contributed by atoms with van der Waals surface area (Å²) in [7, 11) is 3.22. The number of ether oxygens (including phenoxy) is 4. The van der Waals surface area contributed by atoms with Crippen LogP contribution in [0.15, 0.2) is 72.8 Å². The van der Waals surface area contributed by atoms with Crippen LogP contribution in [0.5, 0.6) is 23.0 Å². The highest BCUT2D eigenvalue weighted by Crippen LogP contribution is 2.34. The molecular formula is C34H35N5O6. The highest BCUT2D eigenvalue weighted by Gasteiger charge is 2.27. The van der Waals surface area contributed by atoms with Crippen molar-refractivity contribution >= 4 is 17.6 Å². The SMILES string of the molecule is COc1ccc(-c2ccc(N3CCN(C(=O)CN(Cc4ccc5c(c4)OCO5)C(=O)c4ccccc4C)CC3)nn2)c(OC)c1. The number of hydrogen-bond donors (Lipinski definition) is 0. The van der Waals surface area contributed by atoms with E-state index in [-0.39, 0.29) is 31.7 Å². The molecule has 232 valence electrons. The van der Waals surface area contributed by atoms with E-state index in [4.69, 9.17) is 18.9 Å². The molecule has 2 aliphatic heterocycles. The molecule has 0 unspecified atom stereocenters. The summed E-state index contributed by atoms with van der Waals surface area (Å²) in [4.78, 5) is 32.8. The maximum absolute atomic E-state index is 13.7. The van der Waals surface area contributed by atoms with Crippen LogP contribution in [0.4, 0.5) is 5.82 Å². The summed E-state index contributed by atoms with van der Waals surface area (Å²) in [6.45, 7) is 4.49. The van der Waals surface area contributed by atoms with Crippen molar-refractivity contribution in [1.82, 2.24) is 20.0 Å². The zero-order valence-corrected chi connectivity index (χ0v) is 25.6. The van der Waals surface area contributed by atoms with Crippen LogP contribution in [-0.2, 0) is 11.3 Å². The predicted octanol–water partition coefficient (Wildman–Crippen LogP) is 4.19. The van der Waals surface area contributed by atoms with Gasteiger partial charge in [0.2, 0.25) is 12.7 Å². The second kappa shape index (κ2) is 13.1. The van der Waals surface area contributed by atoms with Crippen LogP contribution >= 0.6 is 0 Å². The maximum Gasteiger partial charge on any atom is 0.254 e. The van der Waals surface area contributed by atoms with Crippen molar-refractivity contribution in [3.8, 4) is 34.3 Å². The zero-order valence-electron chi connectivity index (χ0n) is 25.6. The lowest BCUT2D eigenvalue weighted by Gasteiger charge is -2.36. The van der Waals surface area contributed by atoms with Gasteiger partial charge in [0.05, 0.1) is 19.9 Å². The second-order valence-corrected chi connectivity index (χ2v) is 10.9. The van der Waals surface area contributed by atoms with E-state index >= 15 is 0 Å². The van der Waals surface area contributed by atoms with Crippen LogP contribution in [0, 0.1) is 6.92 Å². The molecule has 11 heteroatoms. The summed E-state index contributed by atoms with van der Waals surface area (Å²) in [6, 6.07) is 22.4. The Hall–Kier alpha value is -5.32. The molecule has 3 heterocycles. The van der Waals surface area contributed by atoms with E-state index in [9.17, 15) is 9.59 Å². The number of piperazine rings is 1. The van der Waals surface area contributed by atoms with Crippen molar-refractivity contribution in [2.24, 2.45) is 0 Å². The number of anilines is 1. The van der Waals surface area contributed by atoms with Gasteiger partial charge in [-0.2, -0.15) is 0 Å². The Bertz CT molecular complexity index is 1690. The lowest BCUT2D eigenvalue weighted by atomic mass is 10.1. The van der Waals surface area contributed by atoms with Gasteiger partial charge in [-0.25, -0.2) is 0 Å². The third-order valence-corrected chi connectivity index (χ3v) is 8.09. The number of hydrogen-bond acceptors (Lipinski definition) is 9. The summed E-state index contributed by atoms with van der Waals surface area (Å²) in [5, 5.41) is 8.91. The molecule has 0 bridgehead atoms. The molecule has 1 saturated heterocycles. The number of aryl methyl sites for hydroxylation is 1.